The molecular formula is C17H30BrN3. The number of pyridine rings is 1. The minimum atomic E-state index is 0.112. The van der Waals surface area contributed by atoms with Gasteiger partial charge in [-0.2, -0.15) is 0 Å². The molecule has 0 saturated carbocycles. The Balaban J connectivity index is 2.93. The summed E-state index contributed by atoms with van der Waals surface area (Å²) in [6, 6.07) is 2.58. The number of rotatable bonds is 9. The number of hydrogen-bond acceptors (Lipinski definition) is 3. The lowest BCUT2D eigenvalue weighted by Crippen LogP contribution is -2.58. The maximum atomic E-state index is 4.30. The Bertz CT molecular complexity index is 416. The summed E-state index contributed by atoms with van der Waals surface area (Å²) in [6.45, 7) is 14.6. The molecule has 0 aliphatic heterocycles. The highest BCUT2D eigenvalue weighted by Gasteiger charge is 2.33. The molecule has 1 aromatic rings. The standard InChI is InChI=1S/C17H30BrN3/c1-6-9-20-16(17(4,5)21(7-2)8-3)11-14-10-15(18)13-19-12-14/h10,12-13,16,20H,6-9,11H2,1-5H3. The second-order valence-electron chi connectivity index (χ2n) is 6.05. The summed E-state index contributed by atoms with van der Waals surface area (Å²) < 4.78 is 1.05. The van der Waals surface area contributed by atoms with Crippen LogP contribution in [0.5, 0.6) is 0 Å². The molecule has 21 heavy (non-hydrogen) atoms. The van der Waals surface area contributed by atoms with Gasteiger partial charge in [-0.1, -0.05) is 20.8 Å². The van der Waals surface area contributed by atoms with E-state index in [-0.39, 0.29) is 5.54 Å². The first kappa shape index (κ1) is 18.6. The number of likely N-dealkylation sites (N-methyl/N-ethyl adjacent to an activating group) is 1. The van der Waals surface area contributed by atoms with Crippen molar-refractivity contribution in [3.8, 4) is 0 Å². The maximum absolute atomic E-state index is 4.30. The highest BCUT2D eigenvalue weighted by Crippen LogP contribution is 2.23. The zero-order valence-electron chi connectivity index (χ0n) is 14.1. The summed E-state index contributed by atoms with van der Waals surface area (Å²) in [7, 11) is 0. The fraction of sp³-hybridized carbons (Fsp3) is 0.706. The van der Waals surface area contributed by atoms with E-state index < -0.39 is 0 Å². The van der Waals surface area contributed by atoms with Crippen molar-refractivity contribution in [2.75, 3.05) is 19.6 Å². The Morgan fingerprint density at radius 1 is 1.24 bits per heavy atom. The lowest BCUT2D eigenvalue weighted by Gasteiger charge is -2.44. The van der Waals surface area contributed by atoms with E-state index in [9.17, 15) is 0 Å². The third kappa shape index (κ3) is 5.35. The summed E-state index contributed by atoms with van der Waals surface area (Å²) in [5.41, 5.74) is 1.39. The first-order chi connectivity index (χ1) is 9.95. The van der Waals surface area contributed by atoms with E-state index in [0.29, 0.717) is 6.04 Å². The number of hydrogen-bond donors (Lipinski definition) is 1. The van der Waals surface area contributed by atoms with E-state index in [1.54, 1.807) is 0 Å². The quantitative estimate of drug-likeness (QED) is 0.728. The van der Waals surface area contributed by atoms with Crippen LogP contribution < -0.4 is 5.32 Å². The van der Waals surface area contributed by atoms with Crippen LogP contribution in [-0.2, 0) is 6.42 Å². The topological polar surface area (TPSA) is 28.2 Å². The van der Waals surface area contributed by atoms with Gasteiger partial charge in [0.2, 0.25) is 0 Å². The minimum Gasteiger partial charge on any atom is -0.312 e. The first-order valence-corrected chi connectivity index (χ1v) is 8.82. The monoisotopic (exact) mass is 355 g/mol. The van der Waals surface area contributed by atoms with E-state index in [1.807, 2.05) is 12.4 Å². The van der Waals surface area contributed by atoms with Crippen LogP contribution in [0.3, 0.4) is 0 Å². The summed E-state index contributed by atoms with van der Waals surface area (Å²) >= 11 is 3.52. The normalized spacial score (nSPS) is 13.7. The summed E-state index contributed by atoms with van der Waals surface area (Å²) in [4.78, 5) is 6.83. The predicted molar refractivity (Wildman–Crippen MR) is 94.7 cm³/mol. The fourth-order valence-corrected chi connectivity index (χ4v) is 3.36. The molecule has 1 heterocycles. The predicted octanol–water partition coefficient (Wildman–Crippen LogP) is 3.88. The molecule has 1 N–H and O–H groups in total. The van der Waals surface area contributed by atoms with Gasteiger partial charge >= 0.3 is 0 Å². The number of halogens is 1. The van der Waals surface area contributed by atoms with Crippen molar-refractivity contribution in [3.63, 3.8) is 0 Å². The minimum absolute atomic E-state index is 0.112. The molecule has 0 bridgehead atoms. The highest BCUT2D eigenvalue weighted by atomic mass is 79.9. The molecule has 0 aliphatic rings. The number of nitrogens with zero attached hydrogens (tertiary/aromatic N) is 2. The molecule has 120 valence electrons. The van der Waals surface area contributed by atoms with E-state index in [4.69, 9.17) is 0 Å². The van der Waals surface area contributed by atoms with Gasteiger partial charge in [-0.3, -0.25) is 9.88 Å². The molecular weight excluding hydrogens is 326 g/mol. The van der Waals surface area contributed by atoms with Gasteiger partial charge in [-0.25, -0.2) is 0 Å². The number of nitrogens with one attached hydrogen (secondary N) is 1. The molecule has 4 heteroatoms. The fourth-order valence-electron chi connectivity index (χ4n) is 2.95. The molecule has 0 aromatic carbocycles. The Morgan fingerprint density at radius 2 is 1.90 bits per heavy atom. The van der Waals surface area contributed by atoms with Crippen LogP contribution in [0.4, 0.5) is 0 Å². The van der Waals surface area contributed by atoms with Crippen LogP contribution >= 0.6 is 15.9 Å². The lowest BCUT2D eigenvalue weighted by molar-refractivity contribution is 0.0911. The molecule has 0 amide bonds. The van der Waals surface area contributed by atoms with Crippen molar-refractivity contribution in [2.24, 2.45) is 0 Å². The zero-order chi connectivity index (χ0) is 15.9. The lowest BCUT2D eigenvalue weighted by atomic mass is 9.87. The first-order valence-electron chi connectivity index (χ1n) is 8.03. The Kier molecular flexibility index (Phi) is 7.85. The molecule has 0 radical (unpaired) electrons. The van der Waals surface area contributed by atoms with Gasteiger partial charge in [0.15, 0.2) is 0 Å². The third-order valence-electron chi connectivity index (χ3n) is 4.27. The highest BCUT2D eigenvalue weighted by molar-refractivity contribution is 9.10. The van der Waals surface area contributed by atoms with Crippen LogP contribution in [0.2, 0.25) is 0 Å². The summed E-state index contributed by atoms with van der Waals surface area (Å²) in [5.74, 6) is 0. The second kappa shape index (κ2) is 8.86. The van der Waals surface area contributed by atoms with Crippen molar-refractivity contribution < 1.29 is 0 Å². The van der Waals surface area contributed by atoms with Crippen LogP contribution in [0, 0.1) is 0 Å². The van der Waals surface area contributed by atoms with Gasteiger partial charge in [0, 0.05) is 28.4 Å². The van der Waals surface area contributed by atoms with E-state index in [2.05, 4.69) is 71.8 Å². The Labute approximate surface area is 138 Å². The van der Waals surface area contributed by atoms with Gasteiger partial charge < -0.3 is 5.32 Å². The van der Waals surface area contributed by atoms with Gasteiger partial charge in [0.1, 0.15) is 0 Å². The summed E-state index contributed by atoms with van der Waals surface area (Å²) in [6.07, 6.45) is 5.97. The van der Waals surface area contributed by atoms with Crippen LogP contribution in [0.1, 0.15) is 46.6 Å². The van der Waals surface area contributed by atoms with Crippen molar-refractivity contribution in [1.82, 2.24) is 15.2 Å². The van der Waals surface area contributed by atoms with Crippen LogP contribution in [-0.4, -0.2) is 41.1 Å². The molecule has 0 saturated heterocycles. The van der Waals surface area contributed by atoms with Gasteiger partial charge in [0.25, 0.3) is 0 Å². The smallest absolute Gasteiger partial charge is 0.0410 e. The second-order valence-corrected chi connectivity index (χ2v) is 6.96. The maximum Gasteiger partial charge on any atom is 0.0410 e. The third-order valence-corrected chi connectivity index (χ3v) is 4.71. The molecule has 1 aromatic heterocycles. The molecule has 0 fully saturated rings. The molecule has 1 unspecified atom stereocenters. The molecule has 0 aliphatic carbocycles. The van der Waals surface area contributed by atoms with Crippen molar-refractivity contribution in [2.45, 2.75) is 59.0 Å². The number of aromatic nitrogens is 1. The Hall–Kier alpha value is -0.450. The van der Waals surface area contributed by atoms with Gasteiger partial charge in [-0.05, 0) is 73.9 Å². The van der Waals surface area contributed by atoms with Crippen molar-refractivity contribution in [1.29, 1.82) is 0 Å². The van der Waals surface area contributed by atoms with E-state index >= 15 is 0 Å². The largest absolute Gasteiger partial charge is 0.312 e. The Morgan fingerprint density at radius 3 is 2.43 bits per heavy atom. The molecule has 1 atom stereocenters. The van der Waals surface area contributed by atoms with Crippen LogP contribution in [0.25, 0.3) is 0 Å². The van der Waals surface area contributed by atoms with E-state index in [1.165, 1.54) is 5.56 Å². The molecule has 1 rings (SSSR count). The molecule has 0 spiro atoms. The average Bonchev–Trinajstić information content (AvgIpc) is 2.44. The summed E-state index contributed by atoms with van der Waals surface area (Å²) in [5, 5.41) is 3.74. The van der Waals surface area contributed by atoms with Gasteiger partial charge in [-0.15, -0.1) is 0 Å². The van der Waals surface area contributed by atoms with E-state index in [0.717, 1.165) is 36.9 Å². The van der Waals surface area contributed by atoms with Crippen molar-refractivity contribution in [3.05, 3.63) is 28.5 Å². The van der Waals surface area contributed by atoms with Gasteiger partial charge in [0.05, 0.1) is 0 Å². The van der Waals surface area contributed by atoms with Crippen LogP contribution in [0.15, 0.2) is 22.9 Å². The zero-order valence-corrected chi connectivity index (χ0v) is 15.7. The SMILES string of the molecule is CCCNC(Cc1cncc(Br)c1)C(C)(C)N(CC)CC. The molecule has 3 nitrogen and oxygen atoms in total. The average molecular weight is 356 g/mol. The van der Waals surface area contributed by atoms with Crippen molar-refractivity contribution >= 4 is 15.9 Å².